The molecule has 1 aromatic heterocycles. The number of nitrogens with zero attached hydrogens (tertiary/aromatic N) is 1. The fourth-order valence-electron chi connectivity index (χ4n) is 2.49. The van der Waals surface area contributed by atoms with Crippen LogP contribution in [0.4, 0.5) is 0 Å². The first-order valence-corrected chi connectivity index (χ1v) is 7.46. The molecular formula is C16H21N5O3. The Morgan fingerprint density at radius 2 is 2.12 bits per heavy atom. The Morgan fingerprint density at radius 3 is 2.75 bits per heavy atom. The van der Waals surface area contributed by atoms with Gasteiger partial charge < -0.3 is 14.6 Å². The van der Waals surface area contributed by atoms with Crippen molar-refractivity contribution in [3.63, 3.8) is 0 Å². The van der Waals surface area contributed by atoms with Crippen LogP contribution in [0.25, 0.3) is 10.9 Å². The molecule has 0 fully saturated rings. The summed E-state index contributed by atoms with van der Waals surface area (Å²) in [6.07, 6.45) is 2.28. The minimum atomic E-state index is -0.435. The number of methoxy groups -OCH3 is 1. The largest absolute Gasteiger partial charge is 0.497 e. The van der Waals surface area contributed by atoms with E-state index in [-0.39, 0.29) is 18.2 Å². The van der Waals surface area contributed by atoms with E-state index >= 15 is 0 Å². The third-order valence-electron chi connectivity index (χ3n) is 3.64. The van der Waals surface area contributed by atoms with Crippen molar-refractivity contribution in [1.29, 1.82) is 5.41 Å². The molecule has 8 nitrogen and oxygen atoms in total. The van der Waals surface area contributed by atoms with E-state index < -0.39 is 5.91 Å². The van der Waals surface area contributed by atoms with Crippen molar-refractivity contribution >= 4 is 28.6 Å². The fourth-order valence-corrected chi connectivity index (χ4v) is 2.49. The second-order valence-corrected chi connectivity index (χ2v) is 5.33. The summed E-state index contributed by atoms with van der Waals surface area (Å²) >= 11 is 0. The number of nitrogens with two attached hydrogens (primary N) is 1. The second kappa shape index (κ2) is 7.60. The van der Waals surface area contributed by atoms with Crippen molar-refractivity contribution in [3.05, 3.63) is 30.0 Å². The van der Waals surface area contributed by atoms with Crippen LogP contribution in [0.15, 0.2) is 24.4 Å². The van der Waals surface area contributed by atoms with Crippen molar-refractivity contribution in [2.24, 2.45) is 5.84 Å². The summed E-state index contributed by atoms with van der Waals surface area (Å²) in [7, 11) is 1.59. The van der Waals surface area contributed by atoms with Gasteiger partial charge in [-0.15, -0.1) is 0 Å². The van der Waals surface area contributed by atoms with E-state index in [4.69, 9.17) is 16.0 Å². The van der Waals surface area contributed by atoms with Gasteiger partial charge in [-0.25, -0.2) is 5.84 Å². The second-order valence-electron chi connectivity index (χ2n) is 5.33. The quantitative estimate of drug-likeness (QED) is 0.203. The molecule has 5 N–H and O–H groups in total. The number of aromatic nitrogens is 1. The minimum Gasteiger partial charge on any atom is -0.497 e. The van der Waals surface area contributed by atoms with E-state index in [0.717, 1.165) is 16.5 Å². The van der Waals surface area contributed by atoms with Crippen LogP contribution in [-0.2, 0) is 16.0 Å². The molecule has 2 amide bonds. The number of rotatable bonds is 6. The van der Waals surface area contributed by atoms with Gasteiger partial charge in [-0.2, -0.15) is 0 Å². The summed E-state index contributed by atoms with van der Waals surface area (Å²) in [5.74, 6) is 5.37. The van der Waals surface area contributed by atoms with Crippen molar-refractivity contribution in [3.8, 4) is 5.75 Å². The number of nitrogens with one attached hydrogen (secondary N) is 3. The SMILES string of the molecule is COc1ccc2c(c1)c(CCNC(C)=O)cn2C(=N)CC(=O)NN. The first-order valence-electron chi connectivity index (χ1n) is 7.46. The summed E-state index contributed by atoms with van der Waals surface area (Å²) in [4.78, 5) is 22.5. The van der Waals surface area contributed by atoms with Gasteiger partial charge in [-0.3, -0.25) is 20.4 Å². The number of hydrogen-bond donors (Lipinski definition) is 4. The van der Waals surface area contributed by atoms with Crippen LogP contribution >= 0.6 is 0 Å². The average Bonchev–Trinajstić information content (AvgIpc) is 2.92. The van der Waals surface area contributed by atoms with Gasteiger partial charge >= 0.3 is 0 Å². The highest BCUT2D eigenvalue weighted by Gasteiger charge is 2.14. The number of hydrazine groups is 1. The van der Waals surface area contributed by atoms with E-state index in [0.29, 0.717) is 18.7 Å². The summed E-state index contributed by atoms with van der Waals surface area (Å²) in [5.41, 5.74) is 3.77. The van der Waals surface area contributed by atoms with Crippen LogP contribution in [0.2, 0.25) is 0 Å². The number of ether oxygens (including phenoxy) is 1. The summed E-state index contributed by atoms with van der Waals surface area (Å²) < 4.78 is 6.90. The average molecular weight is 331 g/mol. The van der Waals surface area contributed by atoms with E-state index in [1.54, 1.807) is 23.9 Å². The normalized spacial score (nSPS) is 10.5. The molecule has 0 saturated heterocycles. The van der Waals surface area contributed by atoms with E-state index in [1.165, 1.54) is 6.92 Å². The Labute approximate surface area is 139 Å². The summed E-state index contributed by atoms with van der Waals surface area (Å²) in [5, 5.41) is 11.8. The van der Waals surface area contributed by atoms with Crippen molar-refractivity contribution in [2.45, 2.75) is 19.8 Å². The molecule has 0 saturated carbocycles. The molecule has 1 heterocycles. The first kappa shape index (κ1) is 17.5. The molecule has 0 spiro atoms. The molecule has 0 bridgehead atoms. The van der Waals surface area contributed by atoms with Crippen LogP contribution in [0.3, 0.4) is 0 Å². The molecule has 1 aromatic carbocycles. The highest BCUT2D eigenvalue weighted by Crippen LogP contribution is 2.26. The molecule has 0 unspecified atom stereocenters. The fraction of sp³-hybridized carbons (Fsp3) is 0.312. The standard InChI is InChI=1S/C16H21N5O3/c1-10(22)19-6-5-11-9-21(15(17)8-16(23)20-18)14-4-3-12(24-2)7-13(11)14/h3-4,7,9,17H,5-6,8,18H2,1-2H3,(H,19,22)(H,20,23). The predicted octanol–water partition coefficient (Wildman–Crippen LogP) is 0.534. The highest BCUT2D eigenvalue weighted by atomic mass is 16.5. The maximum absolute atomic E-state index is 11.4. The van der Waals surface area contributed by atoms with Crippen molar-refractivity contribution < 1.29 is 14.3 Å². The van der Waals surface area contributed by atoms with Crippen LogP contribution in [-0.4, -0.2) is 35.9 Å². The zero-order chi connectivity index (χ0) is 17.7. The molecule has 24 heavy (non-hydrogen) atoms. The third-order valence-corrected chi connectivity index (χ3v) is 3.64. The van der Waals surface area contributed by atoms with Crippen LogP contribution in [0.5, 0.6) is 5.75 Å². The van der Waals surface area contributed by atoms with E-state index in [1.807, 2.05) is 17.6 Å². The van der Waals surface area contributed by atoms with E-state index in [2.05, 4.69) is 5.32 Å². The summed E-state index contributed by atoms with van der Waals surface area (Å²) in [6, 6.07) is 5.52. The van der Waals surface area contributed by atoms with Crippen molar-refractivity contribution in [1.82, 2.24) is 15.3 Å². The van der Waals surface area contributed by atoms with Gasteiger partial charge in [-0.1, -0.05) is 0 Å². The van der Waals surface area contributed by atoms with Gasteiger partial charge in [0.25, 0.3) is 0 Å². The molecule has 0 radical (unpaired) electrons. The topological polar surface area (TPSA) is 122 Å². The van der Waals surface area contributed by atoms with Crippen LogP contribution in [0.1, 0.15) is 18.9 Å². The number of fused-ring (bicyclic) bond motifs is 1. The zero-order valence-corrected chi connectivity index (χ0v) is 13.7. The van der Waals surface area contributed by atoms with Gasteiger partial charge in [-0.05, 0) is 30.2 Å². The Balaban J connectivity index is 2.38. The molecule has 0 atom stereocenters. The lowest BCUT2D eigenvalue weighted by atomic mass is 10.1. The maximum atomic E-state index is 11.4. The van der Waals surface area contributed by atoms with Gasteiger partial charge in [0.1, 0.15) is 11.6 Å². The third kappa shape index (κ3) is 3.90. The monoisotopic (exact) mass is 331 g/mol. The Hall–Kier alpha value is -2.87. The number of carbonyl (C=O) groups is 2. The molecular weight excluding hydrogens is 310 g/mol. The lowest BCUT2D eigenvalue weighted by molar-refractivity contribution is -0.120. The predicted molar refractivity (Wildman–Crippen MR) is 90.9 cm³/mol. The molecule has 0 aliphatic carbocycles. The summed E-state index contributed by atoms with van der Waals surface area (Å²) in [6.45, 7) is 1.95. The Morgan fingerprint density at radius 1 is 1.38 bits per heavy atom. The Kier molecular flexibility index (Phi) is 5.54. The molecule has 0 aliphatic heterocycles. The molecule has 8 heteroatoms. The lowest BCUT2D eigenvalue weighted by Crippen LogP contribution is -2.32. The molecule has 2 rings (SSSR count). The van der Waals surface area contributed by atoms with Gasteiger partial charge in [0.05, 0.1) is 19.0 Å². The zero-order valence-electron chi connectivity index (χ0n) is 13.7. The number of benzene rings is 1. The molecule has 0 aliphatic rings. The number of carbonyl (C=O) groups excluding carboxylic acids is 2. The minimum absolute atomic E-state index is 0.0938. The first-order chi connectivity index (χ1) is 11.5. The molecule has 2 aromatic rings. The van der Waals surface area contributed by atoms with Gasteiger partial charge in [0.15, 0.2) is 0 Å². The van der Waals surface area contributed by atoms with E-state index in [9.17, 15) is 9.59 Å². The number of hydrogen-bond acceptors (Lipinski definition) is 5. The van der Waals surface area contributed by atoms with Crippen LogP contribution < -0.4 is 21.3 Å². The maximum Gasteiger partial charge on any atom is 0.241 e. The Bertz CT molecular complexity index is 781. The lowest BCUT2D eigenvalue weighted by Gasteiger charge is -2.07. The number of amides is 2. The van der Waals surface area contributed by atoms with Gasteiger partial charge in [0, 0.05) is 25.1 Å². The van der Waals surface area contributed by atoms with Gasteiger partial charge in [0.2, 0.25) is 11.8 Å². The smallest absolute Gasteiger partial charge is 0.241 e. The van der Waals surface area contributed by atoms with Crippen LogP contribution in [0, 0.1) is 5.41 Å². The highest BCUT2D eigenvalue weighted by molar-refractivity contribution is 6.04. The molecule has 128 valence electrons. The van der Waals surface area contributed by atoms with Crippen molar-refractivity contribution in [2.75, 3.05) is 13.7 Å².